The molecule has 0 unspecified atom stereocenters. The van der Waals surface area contributed by atoms with Crippen LogP contribution in [0, 0.1) is 0 Å². The standard InChI is InChI=1S/C25H22N4O3/c30-22-14-19(25-26-24(27-32-25)17-11-12-17)18-8-2-4-10-21(18)29(22)15-23(31)28-13-5-7-16-6-1-3-9-20(16)28/h1-4,6,8-10,14,17H,5,7,11-13,15H2. The summed E-state index contributed by atoms with van der Waals surface area (Å²) in [5, 5.41) is 4.90. The molecule has 7 nitrogen and oxygen atoms in total. The van der Waals surface area contributed by atoms with Crippen LogP contribution in [-0.2, 0) is 17.8 Å². The minimum absolute atomic E-state index is 0.0227. The first kappa shape index (κ1) is 19.0. The maximum Gasteiger partial charge on any atom is 0.258 e. The van der Waals surface area contributed by atoms with Crippen molar-refractivity contribution < 1.29 is 9.32 Å². The largest absolute Gasteiger partial charge is 0.334 e. The predicted octanol–water partition coefficient (Wildman–Crippen LogP) is 3.91. The molecule has 0 radical (unpaired) electrons. The first-order valence-corrected chi connectivity index (χ1v) is 11.0. The molecule has 1 saturated carbocycles. The van der Waals surface area contributed by atoms with Crippen molar-refractivity contribution in [2.24, 2.45) is 0 Å². The summed E-state index contributed by atoms with van der Waals surface area (Å²) in [6, 6.07) is 17.0. The second-order valence-electron chi connectivity index (χ2n) is 8.51. The summed E-state index contributed by atoms with van der Waals surface area (Å²) < 4.78 is 7.02. The highest BCUT2D eigenvalue weighted by Gasteiger charge is 2.29. The molecule has 1 aliphatic carbocycles. The Hall–Kier alpha value is -3.74. The molecule has 6 rings (SSSR count). The number of benzene rings is 2. The molecule has 1 aliphatic heterocycles. The van der Waals surface area contributed by atoms with Gasteiger partial charge in [0.1, 0.15) is 6.54 Å². The van der Waals surface area contributed by atoms with Gasteiger partial charge in [0.15, 0.2) is 5.82 Å². The summed E-state index contributed by atoms with van der Waals surface area (Å²) in [6.07, 6.45) is 4.02. The van der Waals surface area contributed by atoms with Gasteiger partial charge in [0, 0.05) is 29.6 Å². The number of hydrogen-bond acceptors (Lipinski definition) is 5. The number of rotatable bonds is 4. The molecular weight excluding hydrogens is 404 g/mol. The molecule has 0 saturated heterocycles. The van der Waals surface area contributed by atoms with Gasteiger partial charge in [0.25, 0.3) is 11.4 Å². The lowest BCUT2D eigenvalue weighted by molar-refractivity contribution is -0.119. The van der Waals surface area contributed by atoms with Gasteiger partial charge in [-0.2, -0.15) is 4.98 Å². The van der Waals surface area contributed by atoms with Crippen molar-refractivity contribution in [1.82, 2.24) is 14.7 Å². The van der Waals surface area contributed by atoms with Crippen LogP contribution in [0.4, 0.5) is 5.69 Å². The van der Waals surface area contributed by atoms with E-state index in [1.165, 1.54) is 16.2 Å². The van der Waals surface area contributed by atoms with E-state index in [0.717, 1.165) is 36.8 Å². The van der Waals surface area contributed by atoms with E-state index in [2.05, 4.69) is 16.2 Å². The Balaban J connectivity index is 1.39. The monoisotopic (exact) mass is 426 g/mol. The minimum atomic E-state index is -0.261. The zero-order valence-corrected chi connectivity index (χ0v) is 17.5. The van der Waals surface area contributed by atoms with Gasteiger partial charge in [-0.05, 0) is 43.4 Å². The number of amides is 1. The van der Waals surface area contributed by atoms with Crippen LogP contribution in [0.3, 0.4) is 0 Å². The second kappa shape index (κ2) is 7.44. The van der Waals surface area contributed by atoms with Gasteiger partial charge in [-0.15, -0.1) is 0 Å². The van der Waals surface area contributed by atoms with Crippen molar-refractivity contribution >= 4 is 22.5 Å². The lowest BCUT2D eigenvalue weighted by Crippen LogP contribution is -2.39. The molecule has 7 heteroatoms. The van der Waals surface area contributed by atoms with Crippen molar-refractivity contribution in [3.05, 3.63) is 76.3 Å². The topological polar surface area (TPSA) is 81.2 Å². The average Bonchev–Trinajstić information content (AvgIpc) is 3.57. The third-order valence-corrected chi connectivity index (χ3v) is 6.34. The Kier molecular flexibility index (Phi) is 4.41. The number of anilines is 1. The van der Waals surface area contributed by atoms with Gasteiger partial charge < -0.3 is 9.42 Å². The maximum atomic E-state index is 13.3. The Morgan fingerprint density at radius 1 is 1.09 bits per heavy atom. The van der Waals surface area contributed by atoms with Gasteiger partial charge in [-0.25, -0.2) is 0 Å². The molecule has 4 aromatic rings. The van der Waals surface area contributed by atoms with Crippen molar-refractivity contribution in [3.8, 4) is 11.5 Å². The number of carbonyl (C=O) groups excluding carboxylic acids is 1. The van der Waals surface area contributed by atoms with Crippen molar-refractivity contribution in [2.45, 2.75) is 38.1 Å². The number of carbonyl (C=O) groups is 1. The molecule has 1 fully saturated rings. The highest BCUT2D eigenvalue weighted by atomic mass is 16.5. The van der Waals surface area contributed by atoms with E-state index in [1.54, 1.807) is 4.90 Å². The van der Waals surface area contributed by atoms with Gasteiger partial charge in [0.05, 0.1) is 11.1 Å². The fourth-order valence-electron chi connectivity index (χ4n) is 4.54. The summed E-state index contributed by atoms with van der Waals surface area (Å²) in [6.45, 7) is 0.637. The smallest absolute Gasteiger partial charge is 0.258 e. The second-order valence-corrected chi connectivity index (χ2v) is 8.51. The van der Waals surface area contributed by atoms with E-state index in [1.807, 2.05) is 42.5 Å². The molecule has 3 heterocycles. The minimum Gasteiger partial charge on any atom is -0.334 e. The van der Waals surface area contributed by atoms with E-state index >= 15 is 0 Å². The van der Waals surface area contributed by atoms with Crippen LogP contribution in [0.15, 0.2) is 63.9 Å². The Bertz CT molecular complexity index is 1400. The van der Waals surface area contributed by atoms with Crippen molar-refractivity contribution in [3.63, 3.8) is 0 Å². The third kappa shape index (κ3) is 3.21. The van der Waals surface area contributed by atoms with Crippen LogP contribution in [0.1, 0.15) is 36.6 Å². The molecule has 0 atom stereocenters. The first-order chi connectivity index (χ1) is 15.7. The first-order valence-electron chi connectivity index (χ1n) is 11.0. The van der Waals surface area contributed by atoms with E-state index in [0.29, 0.717) is 35.3 Å². The Morgan fingerprint density at radius 3 is 2.78 bits per heavy atom. The number of fused-ring (bicyclic) bond motifs is 2. The van der Waals surface area contributed by atoms with Crippen LogP contribution >= 0.6 is 0 Å². The number of aromatic nitrogens is 3. The molecule has 2 aromatic heterocycles. The lowest BCUT2D eigenvalue weighted by Gasteiger charge is -2.29. The highest BCUT2D eigenvalue weighted by Crippen LogP contribution is 2.39. The predicted molar refractivity (Wildman–Crippen MR) is 121 cm³/mol. The summed E-state index contributed by atoms with van der Waals surface area (Å²) in [5.41, 5.74) is 3.14. The third-order valence-electron chi connectivity index (χ3n) is 6.34. The zero-order chi connectivity index (χ0) is 21.7. The molecule has 2 aromatic carbocycles. The number of hydrogen-bond donors (Lipinski definition) is 0. The molecule has 160 valence electrons. The van der Waals surface area contributed by atoms with Crippen LogP contribution < -0.4 is 10.5 Å². The summed E-state index contributed by atoms with van der Waals surface area (Å²) in [7, 11) is 0. The number of nitrogens with zero attached hydrogens (tertiary/aromatic N) is 4. The molecule has 0 spiro atoms. The molecule has 2 aliphatic rings. The van der Waals surface area contributed by atoms with Crippen molar-refractivity contribution in [2.75, 3.05) is 11.4 Å². The molecule has 32 heavy (non-hydrogen) atoms. The highest BCUT2D eigenvalue weighted by molar-refractivity contribution is 5.97. The van der Waals surface area contributed by atoms with Crippen LogP contribution in [0.5, 0.6) is 0 Å². The van der Waals surface area contributed by atoms with E-state index < -0.39 is 0 Å². The molecular formula is C25H22N4O3. The fraction of sp³-hybridized carbons (Fsp3) is 0.280. The summed E-state index contributed by atoms with van der Waals surface area (Å²) in [4.78, 5) is 32.8. The summed E-state index contributed by atoms with van der Waals surface area (Å²) in [5.74, 6) is 1.32. The average molecular weight is 426 g/mol. The Labute approximate surface area is 184 Å². The van der Waals surface area contributed by atoms with Crippen LogP contribution in [0.25, 0.3) is 22.4 Å². The van der Waals surface area contributed by atoms with E-state index in [4.69, 9.17) is 4.52 Å². The Morgan fingerprint density at radius 2 is 1.91 bits per heavy atom. The fourth-order valence-corrected chi connectivity index (χ4v) is 4.54. The van der Waals surface area contributed by atoms with Gasteiger partial charge >= 0.3 is 0 Å². The normalized spacial score (nSPS) is 15.7. The van der Waals surface area contributed by atoms with Gasteiger partial charge in [-0.3, -0.25) is 14.2 Å². The zero-order valence-electron chi connectivity index (χ0n) is 17.5. The van der Waals surface area contributed by atoms with Crippen LogP contribution in [-0.4, -0.2) is 27.2 Å². The number of para-hydroxylation sites is 2. The quantitative estimate of drug-likeness (QED) is 0.494. The van der Waals surface area contributed by atoms with Crippen molar-refractivity contribution in [1.29, 1.82) is 0 Å². The number of pyridine rings is 1. The molecule has 0 N–H and O–H groups in total. The van der Waals surface area contributed by atoms with E-state index in [9.17, 15) is 9.59 Å². The van der Waals surface area contributed by atoms with E-state index in [-0.39, 0.29) is 18.0 Å². The van der Waals surface area contributed by atoms with Gasteiger partial charge in [0.2, 0.25) is 5.91 Å². The SMILES string of the molecule is O=C(Cn1c(=O)cc(-c2nc(C3CC3)no2)c2ccccc21)N1CCCc2ccccc21. The molecule has 0 bridgehead atoms. The summed E-state index contributed by atoms with van der Waals surface area (Å²) >= 11 is 0. The maximum absolute atomic E-state index is 13.3. The van der Waals surface area contributed by atoms with Gasteiger partial charge in [-0.1, -0.05) is 41.6 Å². The molecule has 1 amide bonds. The van der Waals surface area contributed by atoms with Crippen LogP contribution in [0.2, 0.25) is 0 Å². The lowest BCUT2D eigenvalue weighted by atomic mass is 10.0. The number of aryl methyl sites for hydroxylation is 1.